The highest BCUT2D eigenvalue weighted by Crippen LogP contribution is 2.24. The molecule has 0 aromatic heterocycles. The zero-order valence-electron chi connectivity index (χ0n) is 11.4. The standard InChI is InChI=1S/C15H25NO/c1-5-16-15(12(2)3)14(11-17-4)13-9-7-6-8-10-13/h6-10,12,14-16H,5,11H2,1-4H3. The number of likely N-dealkylation sites (N-methyl/N-ethyl adjacent to an activating group) is 1. The first kappa shape index (κ1) is 14.2. The van der Waals surface area contributed by atoms with Gasteiger partial charge in [0.05, 0.1) is 6.61 Å². The van der Waals surface area contributed by atoms with Crippen LogP contribution in [0.5, 0.6) is 0 Å². The van der Waals surface area contributed by atoms with Crippen molar-refractivity contribution in [2.75, 3.05) is 20.3 Å². The third-order valence-electron chi connectivity index (χ3n) is 3.17. The van der Waals surface area contributed by atoms with Crippen LogP contribution in [0.25, 0.3) is 0 Å². The molecule has 1 aromatic carbocycles. The number of rotatable bonds is 7. The first-order chi connectivity index (χ1) is 8.20. The van der Waals surface area contributed by atoms with Crippen LogP contribution in [-0.2, 0) is 4.74 Å². The van der Waals surface area contributed by atoms with Crippen LogP contribution in [0.15, 0.2) is 30.3 Å². The molecule has 17 heavy (non-hydrogen) atoms. The SMILES string of the molecule is CCNC(C(C)C)C(COC)c1ccccc1. The summed E-state index contributed by atoms with van der Waals surface area (Å²) in [5.74, 6) is 1.01. The van der Waals surface area contributed by atoms with Crippen molar-refractivity contribution >= 4 is 0 Å². The Hall–Kier alpha value is -0.860. The summed E-state index contributed by atoms with van der Waals surface area (Å²) in [5.41, 5.74) is 1.36. The van der Waals surface area contributed by atoms with Gasteiger partial charge in [-0.25, -0.2) is 0 Å². The van der Waals surface area contributed by atoms with Crippen molar-refractivity contribution in [3.63, 3.8) is 0 Å². The number of methoxy groups -OCH3 is 1. The predicted molar refractivity (Wildman–Crippen MR) is 73.4 cm³/mol. The second-order valence-electron chi connectivity index (χ2n) is 4.80. The molecule has 0 heterocycles. The van der Waals surface area contributed by atoms with Gasteiger partial charge in [-0.2, -0.15) is 0 Å². The second kappa shape index (κ2) is 7.46. The fraction of sp³-hybridized carbons (Fsp3) is 0.600. The van der Waals surface area contributed by atoms with E-state index in [-0.39, 0.29) is 0 Å². The third kappa shape index (κ3) is 4.14. The summed E-state index contributed by atoms with van der Waals surface area (Å²) in [5, 5.41) is 3.59. The van der Waals surface area contributed by atoms with Crippen molar-refractivity contribution in [3.8, 4) is 0 Å². The van der Waals surface area contributed by atoms with Crippen molar-refractivity contribution in [1.82, 2.24) is 5.32 Å². The van der Waals surface area contributed by atoms with Gasteiger partial charge in [0.1, 0.15) is 0 Å². The lowest BCUT2D eigenvalue weighted by Crippen LogP contribution is -2.40. The lowest BCUT2D eigenvalue weighted by molar-refractivity contribution is 0.152. The zero-order chi connectivity index (χ0) is 12.7. The van der Waals surface area contributed by atoms with E-state index >= 15 is 0 Å². The Morgan fingerprint density at radius 3 is 2.29 bits per heavy atom. The summed E-state index contributed by atoms with van der Waals surface area (Å²) in [4.78, 5) is 0. The van der Waals surface area contributed by atoms with E-state index in [9.17, 15) is 0 Å². The molecule has 1 aromatic rings. The first-order valence-electron chi connectivity index (χ1n) is 6.48. The molecule has 0 fully saturated rings. The average molecular weight is 235 g/mol. The van der Waals surface area contributed by atoms with Gasteiger partial charge in [-0.1, -0.05) is 51.1 Å². The Balaban J connectivity index is 2.89. The van der Waals surface area contributed by atoms with Crippen molar-refractivity contribution < 1.29 is 4.74 Å². The Morgan fingerprint density at radius 2 is 1.82 bits per heavy atom. The molecule has 0 saturated heterocycles. The number of hydrogen-bond acceptors (Lipinski definition) is 2. The molecule has 0 aliphatic carbocycles. The van der Waals surface area contributed by atoms with E-state index in [0.717, 1.165) is 13.2 Å². The van der Waals surface area contributed by atoms with Gasteiger partial charge in [-0.15, -0.1) is 0 Å². The molecule has 2 nitrogen and oxygen atoms in total. The van der Waals surface area contributed by atoms with Gasteiger partial charge in [-0.3, -0.25) is 0 Å². The molecule has 0 aliphatic rings. The van der Waals surface area contributed by atoms with Crippen molar-refractivity contribution in [3.05, 3.63) is 35.9 Å². The van der Waals surface area contributed by atoms with Gasteiger partial charge in [-0.05, 0) is 18.0 Å². The number of benzene rings is 1. The van der Waals surface area contributed by atoms with E-state index in [1.165, 1.54) is 5.56 Å². The molecule has 0 radical (unpaired) electrons. The van der Waals surface area contributed by atoms with E-state index in [0.29, 0.717) is 17.9 Å². The Kier molecular flexibility index (Phi) is 6.23. The number of ether oxygens (including phenoxy) is 1. The minimum atomic E-state index is 0.418. The van der Waals surface area contributed by atoms with Crippen molar-refractivity contribution in [1.29, 1.82) is 0 Å². The molecule has 0 spiro atoms. The van der Waals surface area contributed by atoms with Crippen LogP contribution < -0.4 is 5.32 Å². The van der Waals surface area contributed by atoms with Crippen LogP contribution >= 0.6 is 0 Å². The molecule has 0 bridgehead atoms. The summed E-state index contributed by atoms with van der Waals surface area (Å²) in [7, 11) is 1.78. The van der Waals surface area contributed by atoms with Gasteiger partial charge in [0.2, 0.25) is 0 Å². The summed E-state index contributed by atoms with van der Waals surface area (Å²) < 4.78 is 5.40. The average Bonchev–Trinajstić information content (AvgIpc) is 2.34. The second-order valence-corrected chi connectivity index (χ2v) is 4.80. The largest absolute Gasteiger partial charge is 0.384 e. The molecule has 0 saturated carbocycles. The summed E-state index contributed by atoms with van der Waals surface area (Å²) in [6.07, 6.45) is 0. The van der Waals surface area contributed by atoms with Crippen LogP contribution in [0.1, 0.15) is 32.3 Å². The smallest absolute Gasteiger partial charge is 0.0546 e. The van der Waals surface area contributed by atoms with Gasteiger partial charge >= 0.3 is 0 Å². The molecule has 2 atom stereocenters. The molecule has 0 aliphatic heterocycles. The van der Waals surface area contributed by atoms with Crippen LogP contribution in [-0.4, -0.2) is 26.3 Å². The first-order valence-corrected chi connectivity index (χ1v) is 6.48. The summed E-state index contributed by atoms with van der Waals surface area (Å²) in [6.45, 7) is 8.44. The van der Waals surface area contributed by atoms with Crippen molar-refractivity contribution in [2.24, 2.45) is 5.92 Å². The minimum absolute atomic E-state index is 0.418. The van der Waals surface area contributed by atoms with Crippen molar-refractivity contribution in [2.45, 2.75) is 32.7 Å². The zero-order valence-corrected chi connectivity index (χ0v) is 11.4. The quantitative estimate of drug-likeness (QED) is 0.784. The van der Waals surface area contributed by atoms with E-state index in [1.54, 1.807) is 7.11 Å². The van der Waals surface area contributed by atoms with Gasteiger partial charge < -0.3 is 10.1 Å². The lowest BCUT2D eigenvalue weighted by atomic mass is 9.85. The van der Waals surface area contributed by atoms with Gasteiger partial charge in [0.15, 0.2) is 0 Å². The van der Waals surface area contributed by atoms with E-state index in [4.69, 9.17) is 4.74 Å². The Morgan fingerprint density at radius 1 is 1.18 bits per heavy atom. The fourth-order valence-corrected chi connectivity index (χ4v) is 2.37. The number of nitrogens with one attached hydrogen (secondary N) is 1. The normalized spacial score (nSPS) is 14.9. The highest BCUT2D eigenvalue weighted by molar-refractivity contribution is 5.21. The third-order valence-corrected chi connectivity index (χ3v) is 3.17. The molecule has 2 unspecified atom stereocenters. The summed E-state index contributed by atoms with van der Waals surface area (Å²) in [6, 6.07) is 11.1. The van der Waals surface area contributed by atoms with E-state index in [2.05, 4.69) is 56.4 Å². The van der Waals surface area contributed by atoms with Crippen LogP contribution in [0.4, 0.5) is 0 Å². The monoisotopic (exact) mass is 235 g/mol. The topological polar surface area (TPSA) is 21.3 Å². The number of hydrogen-bond donors (Lipinski definition) is 1. The molecule has 96 valence electrons. The fourth-order valence-electron chi connectivity index (χ4n) is 2.37. The van der Waals surface area contributed by atoms with E-state index in [1.807, 2.05) is 0 Å². The maximum absolute atomic E-state index is 5.40. The highest BCUT2D eigenvalue weighted by atomic mass is 16.5. The highest BCUT2D eigenvalue weighted by Gasteiger charge is 2.24. The molecule has 1 rings (SSSR count). The molecule has 1 N–H and O–H groups in total. The Bertz CT molecular complexity index is 297. The van der Waals surface area contributed by atoms with E-state index < -0.39 is 0 Å². The minimum Gasteiger partial charge on any atom is -0.384 e. The molecular formula is C15H25NO. The van der Waals surface area contributed by atoms with Crippen LogP contribution in [0.3, 0.4) is 0 Å². The van der Waals surface area contributed by atoms with Crippen LogP contribution in [0.2, 0.25) is 0 Å². The Labute approximate surface area is 105 Å². The van der Waals surface area contributed by atoms with Gasteiger partial charge in [0, 0.05) is 19.1 Å². The van der Waals surface area contributed by atoms with Crippen LogP contribution in [0, 0.1) is 5.92 Å². The molecule has 0 amide bonds. The molecular weight excluding hydrogens is 210 g/mol. The maximum atomic E-state index is 5.40. The maximum Gasteiger partial charge on any atom is 0.0546 e. The molecule has 2 heteroatoms. The summed E-state index contributed by atoms with van der Waals surface area (Å²) >= 11 is 0. The van der Waals surface area contributed by atoms with Gasteiger partial charge in [0.25, 0.3) is 0 Å². The predicted octanol–water partition coefficient (Wildman–Crippen LogP) is 3.05. The lowest BCUT2D eigenvalue weighted by Gasteiger charge is -2.31.